The summed E-state index contributed by atoms with van der Waals surface area (Å²) >= 11 is 0. The Morgan fingerprint density at radius 3 is 2.70 bits per heavy atom. The van der Waals surface area contributed by atoms with Crippen LogP contribution < -0.4 is 5.32 Å². The first-order valence-electron chi connectivity index (χ1n) is 7.54. The van der Waals surface area contributed by atoms with Gasteiger partial charge in [0, 0.05) is 18.7 Å². The van der Waals surface area contributed by atoms with Crippen LogP contribution in [0.1, 0.15) is 39.0 Å². The van der Waals surface area contributed by atoms with Gasteiger partial charge in [0.25, 0.3) is 0 Å². The summed E-state index contributed by atoms with van der Waals surface area (Å²) in [6.45, 7) is 13.0. The Bertz CT molecular complexity index is 361. The second-order valence-electron chi connectivity index (χ2n) is 6.10. The number of likely N-dealkylation sites (N-methyl/N-ethyl adjacent to an activating group) is 1. The number of ether oxygens (including phenoxy) is 1. The normalized spacial score (nSPS) is 12.0. The highest BCUT2D eigenvalue weighted by molar-refractivity contribution is 5.12. The molecule has 0 bridgehead atoms. The van der Waals surface area contributed by atoms with Crippen molar-refractivity contribution in [3.63, 3.8) is 0 Å². The van der Waals surface area contributed by atoms with E-state index in [1.807, 2.05) is 6.26 Å². The van der Waals surface area contributed by atoms with Crippen molar-refractivity contribution < 1.29 is 9.15 Å². The molecule has 116 valence electrons. The average Bonchev–Trinajstić information content (AvgIpc) is 2.75. The molecule has 0 saturated carbocycles. The first-order valence-corrected chi connectivity index (χ1v) is 7.54. The van der Waals surface area contributed by atoms with Gasteiger partial charge in [-0.05, 0) is 39.4 Å². The molecule has 0 saturated heterocycles. The standard InChI is InChI=1S/C16H30N2O2/c1-13(2)9-17-10-15-8-16(20-12-15)11-18(5)6-7-19-14(3)4/h8,12-14,17H,6-7,9-11H2,1-5H3. The van der Waals surface area contributed by atoms with E-state index in [9.17, 15) is 0 Å². The van der Waals surface area contributed by atoms with Crippen LogP contribution in [0.5, 0.6) is 0 Å². The van der Waals surface area contributed by atoms with E-state index in [2.05, 4.69) is 51.0 Å². The summed E-state index contributed by atoms with van der Waals surface area (Å²) in [5.74, 6) is 1.69. The SMILES string of the molecule is CC(C)CNCc1coc(CN(C)CCOC(C)C)c1. The van der Waals surface area contributed by atoms with Crippen LogP contribution in [0, 0.1) is 5.92 Å². The Morgan fingerprint density at radius 2 is 2.05 bits per heavy atom. The van der Waals surface area contributed by atoms with Gasteiger partial charge in [0.05, 0.1) is 25.5 Å². The van der Waals surface area contributed by atoms with Crippen LogP contribution >= 0.6 is 0 Å². The summed E-state index contributed by atoms with van der Waals surface area (Å²) in [7, 11) is 2.09. The number of nitrogens with one attached hydrogen (secondary N) is 1. The van der Waals surface area contributed by atoms with Crippen molar-refractivity contribution >= 4 is 0 Å². The fourth-order valence-electron chi connectivity index (χ4n) is 1.90. The van der Waals surface area contributed by atoms with E-state index in [4.69, 9.17) is 9.15 Å². The van der Waals surface area contributed by atoms with Gasteiger partial charge in [-0.15, -0.1) is 0 Å². The first-order chi connectivity index (χ1) is 9.47. The van der Waals surface area contributed by atoms with Gasteiger partial charge in [-0.3, -0.25) is 4.90 Å². The molecule has 1 aromatic rings. The van der Waals surface area contributed by atoms with Crippen LogP contribution in [-0.2, 0) is 17.8 Å². The van der Waals surface area contributed by atoms with Crippen molar-refractivity contribution in [2.75, 3.05) is 26.7 Å². The molecule has 1 heterocycles. The molecule has 0 unspecified atom stereocenters. The molecule has 0 aliphatic rings. The maximum absolute atomic E-state index is 5.60. The minimum absolute atomic E-state index is 0.297. The lowest BCUT2D eigenvalue weighted by Gasteiger charge is -2.16. The van der Waals surface area contributed by atoms with Crippen LogP contribution in [0.15, 0.2) is 16.7 Å². The lowest BCUT2D eigenvalue weighted by atomic mass is 10.2. The fourth-order valence-corrected chi connectivity index (χ4v) is 1.90. The maximum Gasteiger partial charge on any atom is 0.118 e. The van der Waals surface area contributed by atoms with E-state index in [0.29, 0.717) is 12.0 Å². The Labute approximate surface area is 123 Å². The fraction of sp³-hybridized carbons (Fsp3) is 0.750. The van der Waals surface area contributed by atoms with E-state index in [1.54, 1.807) is 0 Å². The van der Waals surface area contributed by atoms with Gasteiger partial charge in [-0.25, -0.2) is 0 Å². The van der Waals surface area contributed by atoms with Crippen LogP contribution in [0.3, 0.4) is 0 Å². The van der Waals surface area contributed by atoms with Gasteiger partial charge in [0.15, 0.2) is 0 Å². The van der Waals surface area contributed by atoms with Gasteiger partial charge < -0.3 is 14.5 Å². The smallest absolute Gasteiger partial charge is 0.118 e. The molecule has 0 aromatic carbocycles. The Hall–Kier alpha value is -0.840. The van der Waals surface area contributed by atoms with Gasteiger partial charge in [-0.1, -0.05) is 13.8 Å². The molecule has 1 aromatic heterocycles. The molecular formula is C16H30N2O2. The first kappa shape index (κ1) is 17.2. The van der Waals surface area contributed by atoms with Crippen molar-refractivity contribution in [3.05, 3.63) is 23.7 Å². The summed E-state index contributed by atoms with van der Waals surface area (Å²) in [5.41, 5.74) is 1.22. The molecule has 4 heteroatoms. The number of nitrogens with zero attached hydrogens (tertiary/aromatic N) is 1. The zero-order chi connectivity index (χ0) is 15.0. The average molecular weight is 282 g/mol. The third-order valence-corrected chi connectivity index (χ3v) is 2.94. The number of furan rings is 1. The minimum Gasteiger partial charge on any atom is -0.468 e. The lowest BCUT2D eigenvalue weighted by Crippen LogP contribution is -2.23. The Morgan fingerprint density at radius 1 is 1.30 bits per heavy atom. The molecule has 0 fully saturated rings. The van der Waals surface area contributed by atoms with Crippen LogP contribution in [0.25, 0.3) is 0 Å². The van der Waals surface area contributed by atoms with Crippen molar-refractivity contribution in [2.24, 2.45) is 5.92 Å². The van der Waals surface area contributed by atoms with E-state index >= 15 is 0 Å². The van der Waals surface area contributed by atoms with Gasteiger partial charge in [0.2, 0.25) is 0 Å². The predicted octanol–water partition coefficient (Wildman–Crippen LogP) is 2.88. The second kappa shape index (κ2) is 9.16. The summed E-state index contributed by atoms with van der Waals surface area (Å²) in [6, 6.07) is 2.13. The summed E-state index contributed by atoms with van der Waals surface area (Å²) in [6.07, 6.45) is 2.15. The molecule has 0 atom stereocenters. The molecule has 1 rings (SSSR count). The molecule has 0 amide bonds. The highest BCUT2D eigenvalue weighted by Crippen LogP contribution is 2.10. The highest BCUT2D eigenvalue weighted by atomic mass is 16.5. The summed E-state index contributed by atoms with van der Waals surface area (Å²) < 4.78 is 11.1. The number of hydrogen-bond donors (Lipinski definition) is 1. The van der Waals surface area contributed by atoms with E-state index in [1.165, 1.54) is 5.56 Å². The second-order valence-corrected chi connectivity index (χ2v) is 6.10. The monoisotopic (exact) mass is 282 g/mol. The molecule has 1 N–H and O–H groups in total. The van der Waals surface area contributed by atoms with Crippen LogP contribution in [-0.4, -0.2) is 37.7 Å². The highest BCUT2D eigenvalue weighted by Gasteiger charge is 2.06. The predicted molar refractivity (Wildman–Crippen MR) is 82.7 cm³/mol. The Balaban J connectivity index is 2.25. The van der Waals surface area contributed by atoms with Crippen molar-refractivity contribution in [3.8, 4) is 0 Å². The van der Waals surface area contributed by atoms with Crippen LogP contribution in [0.4, 0.5) is 0 Å². The summed E-state index contributed by atoms with van der Waals surface area (Å²) in [4.78, 5) is 2.21. The van der Waals surface area contributed by atoms with Gasteiger partial charge in [-0.2, -0.15) is 0 Å². The number of hydrogen-bond acceptors (Lipinski definition) is 4. The Kier molecular flexibility index (Phi) is 7.88. The van der Waals surface area contributed by atoms with Crippen molar-refractivity contribution in [1.82, 2.24) is 10.2 Å². The van der Waals surface area contributed by atoms with E-state index in [0.717, 1.165) is 38.5 Å². The molecule has 20 heavy (non-hydrogen) atoms. The van der Waals surface area contributed by atoms with E-state index in [-0.39, 0.29) is 0 Å². The third-order valence-electron chi connectivity index (χ3n) is 2.94. The zero-order valence-electron chi connectivity index (χ0n) is 13.6. The maximum atomic E-state index is 5.60. The zero-order valence-corrected chi connectivity index (χ0v) is 13.6. The molecule has 0 spiro atoms. The third kappa shape index (κ3) is 7.68. The van der Waals surface area contributed by atoms with Crippen molar-refractivity contribution in [1.29, 1.82) is 0 Å². The topological polar surface area (TPSA) is 37.6 Å². The lowest BCUT2D eigenvalue weighted by molar-refractivity contribution is 0.0616. The quantitative estimate of drug-likeness (QED) is 0.716. The molecule has 0 radical (unpaired) electrons. The largest absolute Gasteiger partial charge is 0.468 e. The van der Waals surface area contributed by atoms with Gasteiger partial charge in [0.1, 0.15) is 5.76 Å². The summed E-state index contributed by atoms with van der Waals surface area (Å²) in [5, 5.41) is 3.42. The molecule has 0 aliphatic heterocycles. The van der Waals surface area contributed by atoms with Gasteiger partial charge >= 0.3 is 0 Å². The minimum atomic E-state index is 0.297. The van der Waals surface area contributed by atoms with E-state index < -0.39 is 0 Å². The number of rotatable bonds is 10. The molecular weight excluding hydrogens is 252 g/mol. The molecule has 0 aliphatic carbocycles. The van der Waals surface area contributed by atoms with Crippen LogP contribution in [0.2, 0.25) is 0 Å². The molecule has 4 nitrogen and oxygen atoms in total. The van der Waals surface area contributed by atoms with Crippen molar-refractivity contribution in [2.45, 2.75) is 46.9 Å².